The third-order valence-electron chi connectivity index (χ3n) is 3.54. The highest BCUT2D eigenvalue weighted by atomic mass is 32.2. The minimum Gasteiger partial charge on any atom is -0.355 e. The van der Waals surface area contributed by atoms with Gasteiger partial charge in [-0.1, -0.05) is 0 Å². The number of sulfone groups is 1. The van der Waals surface area contributed by atoms with E-state index >= 15 is 0 Å². The third kappa shape index (κ3) is 2.94. The normalized spacial score (nSPS) is 25.7. The van der Waals surface area contributed by atoms with Gasteiger partial charge < -0.3 is 10.2 Å². The lowest BCUT2D eigenvalue weighted by Crippen LogP contribution is -2.24. The molecule has 0 aliphatic carbocycles. The molecule has 0 radical (unpaired) electrons. The Balaban J connectivity index is 1.69. The molecule has 2 aliphatic heterocycles. The summed E-state index contributed by atoms with van der Waals surface area (Å²) < 4.78 is 22.8. The van der Waals surface area contributed by atoms with Gasteiger partial charge in [-0.15, -0.1) is 5.10 Å². The Hall–Kier alpha value is -1.44. The largest absolute Gasteiger partial charge is 0.355 e. The number of hydrogen-bond donors (Lipinski definition) is 1. The first-order valence-electron chi connectivity index (χ1n) is 6.54. The van der Waals surface area contributed by atoms with Crippen molar-refractivity contribution in [1.82, 2.24) is 15.2 Å². The van der Waals surface area contributed by atoms with Crippen LogP contribution in [0, 0.1) is 0 Å². The monoisotopic (exact) mass is 283 g/mol. The van der Waals surface area contributed by atoms with Gasteiger partial charge in [0.1, 0.15) is 0 Å². The van der Waals surface area contributed by atoms with E-state index in [0.717, 1.165) is 18.9 Å². The molecule has 3 rings (SSSR count). The summed E-state index contributed by atoms with van der Waals surface area (Å²) in [6.45, 7) is 1.99. The Morgan fingerprint density at radius 3 is 2.79 bits per heavy atom. The summed E-state index contributed by atoms with van der Waals surface area (Å²) in [5.41, 5.74) is 0. The minimum absolute atomic E-state index is 0.0966. The van der Waals surface area contributed by atoms with Crippen LogP contribution in [0.25, 0.3) is 0 Å². The molecule has 8 heteroatoms. The Morgan fingerprint density at radius 2 is 2.11 bits per heavy atom. The SMILES string of the molecule is O=S1(=O)CCC(Nc2nncc(N3CCCC3)n2)C1. The molecule has 0 aromatic carbocycles. The number of aromatic nitrogens is 3. The summed E-state index contributed by atoms with van der Waals surface area (Å²) in [7, 11) is -2.89. The van der Waals surface area contributed by atoms with Gasteiger partial charge in [-0.05, 0) is 19.3 Å². The lowest BCUT2D eigenvalue weighted by Gasteiger charge is -2.17. The van der Waals surface area contributed by atoms with E-state index in [4.69, 9.17) is 0 Å². The number of nitrogens with one attached hydrogen (secondary N) is 1. The van der Waals surface area contributed by atoms with Crippen molar-refractivity contribution < 1.29 is 8.42 Å². The molecule has 3 heterocycles. The highest BCUT2D eigenvalue weighted by Gasteiger charge is 2.28. The quantitative estimate of drug-likeness (QED) is 0.839. The van der Waals surface area contributed by atoms with E-state index in [1.807, 2.05) is 0 Å². The molecule has 2 saturated heterocycles. The van der Waals surface area contributed by atoms with Gasteiger partial charge in [0, 0.05) is 19.1 Å². The molecule has 2 aliphatic rings. The Kier molecular flexibility index (Phi) is 3.26. The summed E-state index contributed by atoms with van der Waals surface area (Å²) in [6.07, 6.45) is 4.61. The molecule has 1 atom stereocenters. The van der Waals surface area contributed by atoms with Gasteiger partial charge in [0.2, 0.25) is 5.95 Å². The van der Waals surface area contributed by atoms with Crippen molar-refractivity contribution in [3.8, 4) is 0 Å². The zero-order valence-corrected chi connectivity index (χ0v) is 11.4. The van der Waals surface area contributed by atoms with E-state index < -0.39 is 9.84 Å². The molecule has 0 bridgehead atoms. The Labute approximate surface area is 112 Å². The summed E-state index contributed by atoms with van der Waals surface area (Å²) >= 11 is 0. The highest BCUT2D eigenvalue weighted by Crippen LogP contribution is 2.19. The fourth-order valence-electron chi connectivity index (χ4n) is 2.55. The van der Waals surface area contributed by atoms with Crippen LogP contribution in [0.4, 0.5) is 11.8 Å². The van der Waals surface area contributed by atoms with Gasteiger partial charge in [-0.25, -0.2) is 8.42 Å². The molecule has 1 aromatic heterocycles. The highest BCUT2D eigenvalue weighted by molar-refractivity contribution is 7.91. The number of nitrogens with zero attached hydrogens (tertiary/aromatic N) is 4. The number of hydrogen-bond acceptors (Lipinski definition) is 7. The van der Waals surface area contributed by atoms with Crippen molar-refractivity contribution in [3.05, 3.63) is 6.20 Å². The van der Waals surface area contributed by atoms with Crippen molar-refractivity contribution in [2.24, 2.45) is 0 Å². The van der Waals surface area contributed by atoms with Crippen molar-refractivity contribution >= 4 is 21.6 Å². The molecule has 1 aromatic rings. The molecule has 0 spiro atoms. The van der Waals surface area contributed by atoms with Gasteiger partial charge in [0.25, 0.3) is 0 Å². The van der Waals surface area contributed by atoms with Crippen LogP contribution in [0.1, 0.15) is 19.3 Å². The molecule has 2 fully saturated rings. The molecule has 1 unspecified atom stereocenters. The maximum atomic E-state index is 11.4. The topological polar surface area (TPSA) is 88.1 Å². The van der Waals surface area contributed by atoms with E-state index in [2.05, 4.69) is 25.4 Å². The van der Waals surface area contributed by atoms with Crippen LogP contribution >= 0.6 is 0 Å². The predicted molar refractivity (Wildman–Crippen MR) is 72.0 cm³/mol. The van der Waals surface area contributed by atoms with Crippen LogP contribution in [0.2, 0.25) is 0 Å². The van der Waals surface area contributed by atoms with Gasteiger partial charge in [-0.3, -0.25) is 0 Å². The van der Waals surface area contributed by atoms with Gasteiger partial charge in [-0.2, -0.15) is 10.1 Å². The van der Waals surface area contributed by atoms with Crippen molar-refractivity contribution in [2.45, 2.75) is 25.3 Å². The average Bonchev–Trinajstić information content (AvgIpc) is 2.99. The average molecular weight is 283 g/mol. The van der Waals surface area contributed by atoms with E-state index in [0.29, 0.717) is 12.4 Å². The summed E-state index contributed by atoms with van der Waals surface area (Å²) in [5, 5.41) is 10.9. The molecule has 0 saturated carbocycles. The smallest absolute Gasteiger partial charge is 0.244 e. The van der Waals surface area contributed by atoms with Crippen LogP contribution in [0.15, 0.2) is 6.20 Å². The molecule has 104 valence electrons. The third-order valence-corrected chi connectivity index (χ3v) is 5.31. The minimum atomic E-state index is -2.89. The molecular weight excluding hydrogens is 266 g/mol. The van der Waals surface area contributed by atoms with Gasteiger partial charge >= 0.3 is 0 Å². The first-order chi connectivity index (χ1) is 9.12. The molecule has 0 amide bonds. The van der Waals surface area contributed by atoms with Crippen LogP contribution < -0.4 is 10.2 Å². The second-order valence-electron chi connectivity index (χ2n) is 5.08. The second kappa shape index (κ2) is 4.92. The molecular formula is C11H17N5O2S. The molecule has 1 N–H and O–H groups in total. The lowest BCUT2D eigenvalue weighted by atomic mass is 10.3. The zero-order chi connectivity index (χ0) is 13.3. The lowest BCUT2D eigenvalue weighted by molar-refractivity contribution is 0.602. The summed E-state index contributed by atoms with van der Waals surface area (Å²) in [6, 6.07) is -0.0966. The van der Waals surface area contributed by atoms with E-state index in [1.54, 1.807) is 6.20 Å². The Morgan fingerprint density at radius 1 is 1.32 bits per heavy atom. The predicted octanol–water partition coefficient (Wildman–Crippen LogP) is 0.0708. The number of anilines is 2. The van der Waals surface area contributed by atoms with Gasteiger partial charge in [0.15, 0.2) is 15.7 Å². The first-order valence-corrected chi connectivity index (χ1v) is 8.36. The van der Waals surface area contributed by atoms with E-state index in [9.17, 15) is 8.42 Å². The fraction of sp³-hybridized carbons (Fsp3) is 0.727. The fourth-order valence-corrected chi connectivity index (χ4v) is 4.22. The van der Waals surface area contributed by atoms with E-state index in [1.165, 1.54) is 12.8 Å². The van der Waals surface area contributed by atoms with Crippen LogP contribution in [0.5, 0.6) is 0 Å². The molecule has 7 nitrogen and oxygen atoms in total. The van der Waals surface area contributed by atoms with Crippen molar-refractivity contribution in [2.75, 3.05) is 34.8 Å². The van der Waals surface area contributed by atoms with Crippen molar-refractivity contribution in [1.29, 1.82) is 0 Å². The molecule has 19 heavy (non-hydrogen) atoms. The number of rotatable bonds is 3. The maximum Gasteiger partial charge on any atom is 0.244 e. The first kappa shape index (κ1) is 12.6. The van der Waals surface area contributed by atoms with Gasteiger partial charge in [0.05, 0.1) is 17.7 Å². The van der Waals surface area contributed by atoms with Crippen molar-refractivity contribution in [3.63, 3.8) is 0 Å². The van der Waals surface area contributed by atoms with E-state index in [-0.39, 0.29) is 17.5 Å². The summed E-state index contributed by atoms with van der Waals surface area (Å²) in [4.78, 5) is 6.58. The van der Waals surface area contributed by atoms with Crippen LogP contribution in [-0.2, 0) is 9.84 Å². The van der Waals surface area contributed by atoms with Crippen LogP contribution in [-0.4, -0.2) is 54.2 Å². The van der Waals surface area contributed by atoms with Crippen LogP contribution in [0.3, 0.4) is 0 Å². The maximum absolute atomic E-state index is 11.4. The standard InChI is InChI=1S/C11H17N5O2S/c17-19(18)6-3-9(8-19)13-11-14-10(7-12-15-11)16-4-1-2-5-16/h7,9H,1-6,8H2,(H,13,14,15). The second-order valence-corrected chi connectivity index (χ2v) is 7.31. The zero-order valence-electron chi connectivity index (χ0n) is 10.6. The Bertz CT molecular complexity index is 556. The summed E-state index contributed by atoms with van der Waals surface area (Å²) in [5.74, 6) is 1.64.